The number of aliphatic hydroxyl groups is 1. The van der Waals surface area contributed by atoms with Gasteiger partial charge in [-0.3, -0.25) is 14.4 Å². The van der Waals surface area contributed by atoms with Gasteiger partial charge in [-0.1, -0.05) is 0 Å². The van der Waals surface area contributed by atoms with Gasteiger partial charge in [0.2, 0.25) is 11.8 Å². The van der Waals surface area contributed by atoms with Gasteiger partial charge < -0.3 is 36.7 Å². The van der Waals surface area contributed by atoms with Crippen molar-refractivity contribution in [1.82, 2.24) is 20.6 Å². The summed E-state index contributed by atoms with van der Waals surface area (Å²) >= 11 is 0. The minimum Gasteiger partial charge on any atom is -0.481 e. The molecule has 0 spiro atoms. The van der Waals surface area contributed by atoms with E-state index < -0.39 is 54.9 Å². The van der Waals surface area contributed by atoms with Gasteiger partial charge in [-0.05, 0) is 6.42 Å². The number of carbonyl (C=O) groups is 4. The Labute approximate surface area is 147 Å². The number of nitrogens with one attached hydrogen (secondary N) is 3. The minimum absolute atomic E-state index is 0.0650. The van der Waals surface area contributed by atoms with E-state index in [1.807, 2.05) is 0 Å². The minimum atomic E-state index is -1.44. The molecule has 1 heterocycles. The quantitative estimate of drug-likeness (QED) is 0.214. The molecule has 0 aliphatic heterocycles. The van der Waals surface area contributed by atoms with Crippen LogP contribution in [-0.2, 0) is 25.6 Å². The largest absolute Gasteiger partial charge is 0.481 e. The number of H-pyrrole nitrogens is 1. The molecule has 0 saturated carbocycles. The lowest BCUT2D eigenvalue weighted by Crippen LogP contribution is -2.55. The molecule has 0 radical (unpaired) electrons. The number of nitrogens with two attached hydrogens (primary N) is 1. The van der Waals surface area contributed by atoms with Crippen molar-refractivity contribution in [2.45, 2.75) is 37.4 Å². The van der Waals surface area contributed by atoms with E-state index >= 15 is 0 Å². The highest BCUT2D eigenvalue weighted by molar-refractivity contribution is 5.92. The fourth-order valence-corrected chi connectivity index (χ4v) is 1.98. The van der Waals surface area contributed by atoms with E-state index in [2.05, 4.69) is 20.6 Å². The van der Waals surface area contributed by atoms with Crippen molar-refractivity contribution in [3.8, 4) is 0 Å². The summed E-state index contributed by atoms with van der Waals surface area (Å²) in [4.78, 5) is 52.6. The highest BCUT2D eigenvalue weighted by Gasteiger charge is 2.28. The van der Waals surface area contributed by atoms with Gasteiger partial charge >= 0.3 is 11.9 Å². The van der Waals surface area contributed by atoms with Gasteiger partial charge in [0, 0.05) is 19.0 Å². The van der Waals surface area contributed by atoms with Crippen molar-refractivity contribution in [2.24, 2.45) is 5.73 Å². The first-order valence-corrected chi connectivity index (χ1v) is 7.64. The molecule has 2 amide bonds. The number of aliphatic carboxylic acids is 2. The number of aromatic nitrogens is 2. The van der Waals surface area contributed by atoms with Crippen LogP contribution in [0.1, 0.15) is 18.5 Å². The van der Waals surface area contributed by atoms with E-state index in [4.69, 9.17) is 21.1 Å². The zero-order valence-corrected chi connectivity index (χ0v) is 13.7. The van der Waals surface area contributed by atoms with Crippen molar-refractivity contribution < 1.29 is 34.5 Å². The first-order valence-electron chi connectivity index (χ1n) is 7.64. The maximum Gasteiger partial charge on any atom is 0.326 e. The molecule has 0 aromatic carbocycles. The monoisotopic (exact) mass is 371 g/mol. The first kappa shape index (κ1) is 21.1. The van der Waals surface area contributed by atoms with Gasteiger partial charge in [0.1, 0.15) is 18.1 Å². The molecule has 0 aliphatic rings. The third-order valence-corrected chi connectivity index (χ3v) is 3.40. The van der Waals surface area contributed by atoms with Gasteiger partial charge in [0.05, 0.1) is 18.6 Å². The number of carboxylic acid groups (broad SMARTS) is 2. The second kappa shape index (κ2) is 10.1. The van der Waals surface area contributed by atoms with Gasteiger partial charge in [0.25, 0.3) is 0 Å². The van der Waals surface area contributed by atoms with Crippen LogP contribution >= 0.6 is 0 Å². The van der Waals surface area contributed by atoms with Crippen LogP contribution in [0.4, 0.5) is 0 Å². The topological polar surface area (TPSA) is 208 Å². The predicted molar refractivity (Wildman–Crippen MR) is 85.7 cm³/mol. The third-order valence-electron chi connectivity index (χ3n) is 3.40. The van der Waals surface area contributed by atoms with Crippen molar-refractivity contribution in [3.63, 3.8) is 0 Å². The van der Waals surface area contributed by atoms with E-state index in [1.54, 1.807) is 0 Å². The summed E-state index contributed by atoms with van der Waals surface area (Å²) in [5.74, 6) is -4.26. The number of aliphatic hydroxyl groups excluding tert-OH is 1. The standard InChI is InChI=1S/C14H21N5O7/c15-8(5-20)12(23)19-10(3-7-4-16-6-17-7)13(24)18-9(14(25)26)1-2-11(21)22/h4,6,8-10,20H,1-3,5,15H2,(H,16,17)(H,18,24)(H,19,23)(H,21,22)(H,25,26)/t8-,9-,10-/m0/s1. The summed E-state index contributed by atoms with van der Waals surface area (Å²) in [5.41, 5.74) is 5.81. The number of carbonyl (C=O) groups excluding carboxylic acids is 2. The lowest BCUT2D eigenvalue weighted by molar-refractivity contribution is -0.143. The zero-order chi connectivity index (χ0) is 19.7. The molecule has 26 heavy (non-hydrogen) atoms. The zero-order valence-electron chi connectivity index (χ0n) is 13.7. The number of nitrogens with zero attached hydrogens (tertiary/aromatic N) is 1. The molecule has 0 fully saturated rings. The third kappa shape index (κ3) is 6.86. The fraction of sp³-hybridized carbons (Fsp3) is 0.500. The van der Waals surface area contributed by atoms with E-state index in [-0.39, 0.29) is 12.8 Å². The summed E-state index contributed by atoms with van der Waals surface area (Å²) in [6, 6.07) is -3.91. The summed E-state index contributed by atoms with van der Waals surface area (Å²) in [6.07, 6.45) is 2.00. The molecule has 12 heteroatoms. The molecule has 1 aromatic heterocycles. The number of carboxylic acids is 2. The molecule has 0 saturated heterocycles. The van der Waals surface area contributed by atoms with Crippen LogP contribution in [-0.4, -0.2) is 73.8 Å². The van der Waals surface area contributed by atoms with Gasteiger partial charge in [0.15, 0.2) is 0 Å². The van der Waals surface area contributed by atoms with Crippen LogP contribution in [0, 0.1) is 0 Å². The maximum atomic E-state index is 12.4. The average molecular weight is 371 g/mol. The molecule has 3 atom stereocenters. The van der Waals surface area contributed by atoms with E-state index in [9.17, 15) is 19.2 Å². The van der Waals surface area contributed by atoms with Crippen LogP contribution in [0.25, 0.3) is 0 Å². The second-order valence-electron chi connectivity index (χ2n) is 5.45. The molecule has 1 rings (SSSR count). The predicted octanol–water partition coefficient (Wildman–Crippen LogP) is -2.81. The molecule has 0 aliphatic carbocycles. The Morgan fingerprint density at radius 3 is 2.31 bits per heavy atom. The van der Waals surface area contributed by atoms with E-state index in [0.29, 0.717) is 5.69 Å². The Balaban J connectivity index is 2.85. The smallest absolute Gasteiger partial charge is 0.326 e. The maximum absolute atomic E-state index is 12.4. The Morgan fingerprint density at radius 1 is 1.15 bits per heavy atom. The fourth-order valence-electron chi connectivity index (χ4n) is 1.98. The second-order valence-corrected chi connectivity index (χ2v) is 5.45. The lowest BCUT2D eigenvalue weighted by atomic mass is 10.1. The lowest BCUT2D eigenvalue weighted by Gasteiger charge is -2.22. The van der Waals surface area contributed by atoms with Crippen LogP contribution < -0.4 is 16.4 Å². The molecule has 144 valence electrons. The highest BCUT2D eigenvalue weighted by atomic mass is 16.4. The molecule has 0 bridgehead atoms. The van der Waals surface area contributed by atoms with Crippen molar-refractivity contribution >= 4 is 23.8 Å². The Kier molecular flexibility index (Phi) is 8.18. The normalized spacial score (nSPS) is 14.1. The Bertz CT molecular complexity index is 634. The summed E-state index contributed by atoms with van der Waals surface area (Å²) in [6.45, 7) is -0.640. The van der Waals surface area contributed by atoms with Gasteiger partial charge in [-0.15, -0.1) is 0 Å². The van der Waals surface area contributed by atoms with Crippen LogP contribution in [0.2, 0.25) is 0 Å². The van der Waals surface area contributed by atoms with Gasteiger partial charge in [-0.25, -0.2) is 9.78 Å². The molecule has 8 N–H and O–H groups in total. The number of aromatic amines is 1. The van der Waals surface area contributed by atoms with Crippen molar-refractivity contribution in [1.29, 1.82) is 0 Å². The molecule has 0 unspecified atom stereocenters. The number of hydrogen-bond donors (Lipinski definition) is 7. The number of hydrogen-bond acceptors (Lipinski definition) is 7. The van der Waals surface area contributed by atoms with Crippen LogP contribution in [0.3, 0.4) is 0 Å². The van der Waals surface area contributed by atoms with Crippen molar-refractivity contribution in [2.75, 3.05) is 6.61 Å². The van der Waals surface area contributed by atoms with E-state index in [0.717, 1.165) is 0 Å². The number of rotatable bonds is 11. The Morgan fingerprint density at radius 2 is 1.81 bits per heavy atom. The van der Waals surface area contributed by atoms with Crippen molar-refractivity contribution in [3.05, 3.63) is 18.2 Å². The summed E-state index contributed by atoms with van der Waals surface area (Å²) in [5, 5.41) is 31.2. The summed E-state index contributed by atoms with van der Waals surface area (Å²) < 4.78 is 0. The van der Waals surface area contributed by atoms with Crippen LogP contribution in [0.15, 0.2) is 12.5 Å². The van der Waals surface area contributed by atoms with E-state index in [1.165, 1.54) is 12.5 Å². The molecule has 1 aromatic rings. The number of amides is 2. The highest BCUT2D eigenvalue weighted by Crippen LogP contribution is 2.03. The molecular formula is C14H21N5O7. The Hall–Kier alpha value is -2.99. The average Bonchev–Trinajstić information content (AvgIpc) is 3.09. The summed E-state index contributed by atoms with van der Waals surface area (Å²) in [7, 11) is 0. The number of imidazole rings is 1. The van der Waals surface area contributed by atoms with Crippen LogP contribution in [0.5, 0.6) is 0 Å². The SMILES string of the molecule is N[C@@H](CO)C(=O)N[C@@H](Cc1c[nH]cn1)C(=O)N[C@@H](CCC(=O)O)C(=O)O. The molecule has 12 nitrogen and oxygen atoms in total. The molecular weight excluding hydrogens is 350 g/mol. The first-order chi connectivity index (χ1) is 12.2. The van der Waals surface area contributed by atoms with Gasteiger partial charge in [-0.2, -0.15) is 0 Å².